The highest BCUT2D eigenvalue weighted by Gasteiger charge is 2.34. The van der Waals surface area contributed by atoms with Crippen LogP contribution in [0.3, 0.4) is 0 Å². The molecule has 0 N–H and O–H groups in total. The molecule has 26 heavy (non-hydrogen) atoms. The van der Waals surface area contributed by atoms with E-state index < -0.39 is 0 Å². The van der Waals surface area contributed by atoms with Crippen LogP contribution in [-0.4, -0.2) is 36.6 Å². The van der Waals surface area contributed by atoms with E-state index in [1.165, 1.54) is 16.7 Å². The summed E-state index contributed by atoms with van der Waals surface area (Å²) in [6.07, 6.45) is 2.55. The summed E-state index contributed by atoms with van der Waals surface area (Å²) in [7, 11) is 0. The van der Waals surface area contributed by atoms with Crippen LogP contribution in [0.15, 0.2) is 54.6 Å². The quantitative estimate of drug-likeness (QED) is 0.838. The zero-order valence-electron chi connectivity index (χ0n) is 15.4. The molecule has 0 saturated carbocycles. The van der Waals surface area contributed by atoms with Gasteiger partial charge in [0.2, 0.25) is 5.91 Å². The van der Waals surface area contributed by atoms with Gasteiger partial charge in [-0.3, -0.25) is 4.79 Å². The highest BCUT2D eigenvalue weighted by Crippen LogP contribution is 2.36. The summed E-state index contributed by atoms with van der Waals surface area (Å²) < 4.78 is 5.47. The van der Waals surface area contributed by atoms with Gasteiger partial charge in [-0.05, 0) is 42.4 Å². The molecule has 1 saturated heterocycles. The number of ether oxygens (including phenoxy) is 1. The Labute approximate surface area is 156 Å². The highest BCUT2D eigenvalue weighted by atomic mass is 16.5. The molecule has 1 fully saturated rings. The van der Waals surface area contributed by atoms with Crippen LogP contribution in [0.25, 0.3) is 0 Å². The number of carbonyl (C=O) groups excluding carboxylic acids is 1. The minimum Gasteiger partial charge on any atom is -0.381 e. The first-order valence-corrected chi connectivity index (χ1v) is 9.74. The Morgan fingerprint density at radius 1 is 1.12 bits per heavy atom. The maximum Gasteiger partial charge on any atom is 0.223 e. The topological polar surface area (TPSA) is 29.5 Å². The van der Waals surface area contributed by atoms with E-state index in [1.807, 2.05) is 0 Å². The fraction of sp³-hybridized carbons (Fsp3) is 0.435. The molecule has 0 radical (unpaired) electrons. The zero-order valence-corrected chi connectivity index (χ0v) is 15.4. The molecule has 3 unspecified atom stereocenters. The van der Waals surface area contributed by atoms with Gasteiger partial charge in [-0.1, -0.05) is 54.6 Å². The Morgan fingerprint density at radius 3 is 2.65 bits per heavy atom. The molecular formula is C23H27NO2. The molecule has 4 rings (SSSR count). The summed E-state index contributed by atoms with van der Waals surface area (Å²) in [5.41, 5.74) is 4.02. The van der Waals surface area contributed by atoms with E-state index in [0.717, 1.165) is 32.6 Å². The van der Waals surface area contributed by atoms with E-state index in [1.54, 1.807) is 0 Å². The molecule has 2 heterocycles. The van der Waals surface area contributed by atoms with Gasteiger partial charge in [0.15, 0.2) is 0 Å². The maximum atomic E-state index is 13.1. The van der Waals surface area contributed by atoms with Crippen molar-refractivity contribution in [2.24, 2.45) is 5.92 Å². The van der Waals surface area contributed by atoms with Gasteiger partial charge >= 0.3 is 0 Å². The average molecular weight is 349 g/mol. The van der Waals surface area contributed by atoms with Crippen LogP contribution in [0.5, 0.6) is 0 Å². The number of benzene rings is 2. The first-order valence-electron chi connectivity index (χ1n) is 9.74. The number of rotatable bonds is 3. The van der Waals surface area contributed by atoms with Crippen LogP contribution in [-0.2, 0) is 16.0 Å². The van der Waals surface area contributed by atoms with Crippen molar-refractivity contribution in [1.82, 2.24) is 4.90 Å². The summed E-state index contributed by atoms with van der Waals surface area (Å²) >= 11 is 0. The molecule has 3 heteroatoms. The minimum atomic E-state index is 0.149. The minimum absolute atomic E-state index is 0.149. The number of hydrogen-bond acceptors (Lipinski definition) is 2. The van der Waals surface area contributed by atoms with Crippen molar-refractivity contribution in [1.29, 1.82) is 0 Å². The third kappa shape index (κ3) is 3.41. The third-order valence-electron chi connectivity index (χ3n) is 5.95. The Balaban J connectivity index is 1.66. The predicted molar refractivity (Wildman–Crippen MR) is 103 cm³/mol. The fourth-order valence-corrected chi connectivity index (χ4v) is 4.53. The van der Waals surface area contributed by atoms with Crippen LogP contribution >= 0.6 is 0 Å². The van der Waals surface area contributed by atoms with E-state index in [9.17, 15) is 4.79 Å². The number of fused-ring (bicyclic) bond motifs is 1. The molecule has 0 aliphatic carbocycles. The maximum absolute atomic E-state index is 13.1. The SMILES string of the molecule is CC1C(c2ccccc2)c2ccccc2CCN1C(=O)CC1CCOC1. The van der Waals surface area contributed by atoms with Crippen molar-refractivity contribution in [3.8, 4) is 0 Å². The van der Waals surface area contributed by atoms with Gasteiger partial charge in [0.25, 0.3) is 0 Å². The molecule has 136 valence electrons. The summed E-state index contributed by atoms with van der Waals surface area (Å²) in [6.45, 7) is 4.54. The summed E-state index contributed by atoms with van der Waals surface area (Å²) in [4.78, 5) is 15.2. The van der Waals surface area contributed by atoms with Crippen molar-refractivity contribution in [2.75, 3.05) is 19.8 Å². The summed E-state index contributed by atoms with van der Waals surface area (Å²) in [5.74, 6) is 0.885. The molecule has 2 aromatic carbocycles. The Hall–Kier alpha value is -2.13. The van der Waals surface area contributed by atoms with Crippen molar-refractivity contribution >= 4 is 5.91 Å². The standard InChI is InChI=1S/C23H27NO2/c1-17-23(20-8-3-2-4-9-20)21-10-6-5-7-19(21)11-13-24(17)22(25)15-18-12-14-26-16-18/h2-10,17-18,23H,11-16H2,1H3. The van der Waals surface area contributed by atoms with Gasteiger partial charge in [0.1, 0.15) is 0 Å². The van der Waals surface area contributed by atoms with E-state index >= 15 is 0 Å². The predicted octanol–water partition coefficient (Wildman–Crippen LogP) is 4.02. The van der Waals surface area contributed by atoms with Crippen LogP contribution in [0.1, 0.15) is 42.4 Å². The first-order chi connectivity index (χ1) is 12.7. The molecule has 1 amide bonds. The van der Waals surface area contributed by atoms with Gasteiger partial charge in [0, 0.05) is 38.1 Å². The summed E-state index contributed by atoms with van der Waals surface area (Å²) in [6, 6.07) is 19.5. The lowest BCUT2D eigenvalue weighted by molar-refractivity contribution is -0.134. The van der Waals surface area contributed by atoms with Gasteiger partial charge in [0.05, 0.1) is 0 Å². The Bertz CT molecular complexity index is 752. The zero-order chi connectivity index (χ0) is 17.9. The van der Waals surface area contributed by atoms with Crippen LogP contribution in [0.2, 0.25) is 0 Å². The second-order valence-corrected chi connectivity index (χ2v) is 7.60. The Kier molecular flexibility index (Phi) is 5.07. The van der Waals surface area contributed by atoms with Gasteiger partial charge < -0.3 is 9.64 Å². The second kappa shape index (κ2) is 7.63. The number of nitrogens with zero attached hydrogens (tertiary/aromatic N) is 1. The molecule has 2 aliphatic rings. The van der Waals surface area contributed by atoms with E-state index in [0.29, 0.717) is 12.3 Å². The Morgan fingerprint density at radius 2 is 1.88 bits per heavy atom. The van der Waals surface area contributed by atoms with Crippen molar-refractivity contribution in [3.63, 3.8) is 0 Å². The van der Waals surface area contributed by atoms with E-state index in [-0.39, 0.29) is 17.9 Å². The van der Waals surface area contributed by atoms with Crippen LogP contribution in [0, 0.1) is 5.92 Å². The molecule has 2 aliphatic heterocycles. The van der Waals surface area contributed by atoms with Gasteiger partial charge in [-0.25, -0.2) is 0 Å². The van der Waals surface area contributed by atoms with Crippen molar-refractivity contribution in [3.05, 3.63) is 71.3 Å². The number of carbonyl (C=O) groups is 1. The lowest BCUT2D eigenvalue weighted by Gasteiger charge is -2.34. The van der Waals surface area contributed by atoms with Crippen molar-refractivity contribution < 1.29 is 9.53 Å². The lowest BCUT2D eigenvalue weighted by Crippen LogP contribution is -2.42. The monoisotopic (exact) mass is 349 g/mol. The summed E-state index contributed by atoms with van der Waals surface area (Å²) in [5, 5.41) is 0. The lowest BCUT2D eigenvalue weighted by atomic mass is 9.83. The molecule has 0 aromatic heterocycles. The van der Waals surface area contributed by atoms with Crippen LogP contribution in [0.4, 0.5) is 0 Å². The highest BCUT2D eigenvalue weighted by molar-refractivity contribution is 5.77. The van der Waals surface area contributed by atoms with Gasteiger partial charge in [-0.2, -0.15) is 0 Å². The molecule has 0 bridgehead atoms. The van der Waals surface area contributed by atoms with E-state index in [2.05, 4.69) is 66.4 Å². The largest absolute Gasteiger partial charge is 0.381 e. The fourth-order valence-electron chi connectivity index (χ4n) is 4.53. The van der Waals surface area contributed by atoms with Crippen molar-refractivity contribution in [2.45, 2.75) is 38.1 Å². The second-order valence-electron chi connectivity index (χ2n) is 7.60. The van der Waals surface area contributed by atoms with Crippen LogP contribution < -0.4 is 0 Å². The van der Waals surface area contributed by atoms with Gasteiger partial charge in [-0.15, -0.1) is 0 Å². The molecule has 3 atom stereocenters. The molecule has 3 nitrogen and oxygen atoms in total. The molecule has 0 spiro atoms. The number of hydrogen-bond donors (Lipinski definition) is 0. The number of amides is 1. The smallest absolute Gasteiger partial charge is 0.223 e. The average Bonchev–Trinajstić information content (AvgIpc) is 3.12. The third-order valence-corrected chi connectivity index (χ3v) is 5.95. The normalized spacial score (nSPS) is 25.6. The van der Waals surface area contributed by atoms with E-state index in [4.69, 9.17) is 4.74 Å². The molecule has 2 aromatic rings. The molecular weight excluding hydrogens is 322 g/mol. The first kappa shape index (κ1) is 17.3.